The Bertz CT molecular complexity index is 1220. The maximum absolute atomic E-state index is 13.7. The zero-order valence-electron chi connectivity index (χ0n) is 18.1. The standard InChI is InChI=1S/C20H21BrFN5O5S/c1-20(2,3)30-18(28)26-8-4-5-12(10-26)33-17-15(23-32-25-17)16-24-31-19(29)27(16)11-6-7-14(22)13(21)9-11/h6-7,9,12H,4-5,8,10H2,1-3H3/t12-/m1/s1. The molecule has 1 aliphatic rings. The van der Waals surface area contributed by atoms with Crippen LogP contribution in [0, 0.1) is 5.82 Å². The van der Waals surface area contributed by atoms with Crippen LogP contribution in [0.15, 0.2) is 41.6 Å². The lowest BCUT2D eigenvalue weighted by molar-refractivity contribution is 0.0220. The third kappa shape index (κ3) is 5.29. The smallest absolute Gasteiger partial charge is 0.444 e. The molecule has 3 heterocycles. The number of hydrogen-bond acceptors (Lipinski definition) is 9. The Labute approximate surface area is 200 Å². The summed E-state index contributed by atoms with van der Waals surface area (Å²) >= 11 is 4.48. The average Bonchev–Trinajstić information content (AvgIpc) is 3.35. The summed E-state index contributed by atoms with van der Waals surface area (Å²) in [7, 11) is 0. The summed E-state index contributed by atoms with van der Waals surface area (Å²) in [5.41, 5.74) is -0.0373. The molecule has 0 radical (unpaired) electrons. The molecule has 13 heteroatoms. The molecule has 0 bridgehead atoms. The van der Waals surface area contributed by atoms with E-state index in [2.05, 4.69) is 31.4 Å². The highest BCUT2D eigenvalue weighted by Gasteiger charge is 2.31. The van der Waals surface area contributed by atoms with Crippen LogP contribution in [0.5, 0.6) is 0 Å². The van der Waals surface area contributed by atoms with Gasteiger partial charge in [-0.05, 0) is 78.1 Å². The Hall–Kier alpha value is -2.67. The van der Waals surface area contributed by atoms with Crippen molar-refractivity contribution in [3.63, 3.8) is 0 Å². The summed E-state index contributed by atoms with van der Waals surface area (Å²) in [5.74, 6) is -1.17. The number of halogens is 2. The third-order valence-corrected chi connectivity index (χ3v) is 6.56. The molecule has 1 aromatic carbocycles. The van der Waals surface area contributed by atoms with Crippen LogP contribution in [0.25, 0.3) is 17.2 Å². The molecule has 3 aromatic rings. The minimum Gasteiger partial charge on any atom is -0.444 e. The van der Waals surface area contributed by atoms with Gasteiger partial charge in [-0.25, -0.2) is 23.2 Å². The van der Waals surface area contributed by atoms with E-state index in [1.807, 2.05) is 20.8 Å². The second-order valence-electron chi connectivity index (χ2n) is 8.43. The molecule has 33 heavy (non-hydrogen) atoms. The van der Waals surface area contributed by atoms with E-state index in [-0.39, 0.29) is 27.3 Å². The highest BCUT2D eigenvalue weighted by Crippen LogP contribution is 2.34. The number of carbonyl (C=O) groups excluding carboxylic acids is 1. The highest BCUT2D eigenvalue weighted by molar-refractivity contribution is 9.10. The number of carbonyl (C=O) groups is 1. The molecule has 1 aliphatic heterocycles. The number of ether oxygens (including phenoxy) is 1. The largest absolute Gasteiger partial charge is 0.446 e. The maximum atomic E-state index is 13.7. The molecular formula is C20H21BrFN5O5S. The van der Waals surface area contributed by atoms with Crippen LogP contribution in [0.3, 0.4) is 0 Å². The fraction of sp³-hybridized carbons (Fsp3) is 0.450. The van der Waals surface area contributed by atoms with E-state index in [9.17, 15) is 14.0 Å². The number of piperidine rings is 1. The van der Waals surface area contributed by atoms with Gasteiger partial charge in [0.1, 0.15) is 11.4 Å². The van der Waals surface area contributed by atoms with E-state index >= 15 is 0 Å². The zero-order chi connectivity index (χ0) is 23.8. The van der Waals surface area contributed by atoms with Gasteiger partial charge >= 0.3 is 11.8 Å². The van der Waals surface area contributed by atoms with Crippen molar-refractivity contribution in [1.29, 1.82) is 0 Å². The van der Waals surface area contributed by atoms with Crippen molar-refractivity contribution in [2.75, 3.05) is 13.1 Å². The molecule has 2 aromatic heterocycles. The normalized spacial score (nSPS) is 16.8. The van der Waals surface area contributed by atoms with E-state index in [4.69, 9.17) is 13.9 Å². The summed E-state index contributed by atoms with van der Waals surface area (Å²) in [5, 5.41) is 12.1. The van der Waals surface area contributed by atoms with Gasteiger partial charge in [-0.3, -0.25) is 4.52 Å². The van der Waals surface area contributed by atoms with Crippen molar-refractivity contribution in [1.82, 2.24) is 24.9 Å². The number of benzene rings is 1. The quantitative estimate of drug-likeness (QED) is 0.477. The summed E-state index contributed by atoms with van der Waals surface area (Å²) in [6.07, 6.45) is 1.28. The van der Waals surface area contributed by atoms with Crippen molar-refractivity contribution in [2.24, 2.45) is 0 Å². The van der Waals surface area contributed by atoms with Crippen LogP contribution in [-0.2, 0) is 4.74 Å². The van der Waals surface area contributed by atoms with Crippen LogP contribution in [0.4, 0.5) is 9.18 Å². The monoisotopic (exact) mass is 541 g/mol. The van der Waals surface area contributed by atoms with Crippen molar-refractivity contribution < 1.29 is 23.1 Å². The molecular weight excluding hydrogens is 521 g/mol. The van der Waals surface area contributed by atoms with Crippen molar-refractivity contribution >= 4 is 33.8 Å². The van der Waals surface area contributed by atoms with Gasteiger partial charge in [-0.1, -0.05) is 16.9 Å². The molecule has 0 spiro atoms. The zero-order valence-corrected chi connectivity index (χ0v) is 20.5. The van der Waals surface area contributed by atoms with E-state index in [0.29, 0.717) is 23.8 Å². The summed E-state index contributed by atoms with van der Waals surface area (Å²) in [4.78, 5) is 26.5. The summed E-state index contributed by atoms with van der Waals surface area (Å²) in [6.45, 7) is 6.54. The predicted molar refractivity (Wildman–Crippen MR) is 120 cm³/mol. The van der Waals surface area contributed by atoms with Crippen LogP contribution in [0.2, 0.25) is 0 Å². The fourth-order valence-electron chi connectivity index (χ4n) is 3.33. The fourth-order valence-corrected chi connectivity index (χ4v) is 4.87. The second-order valence-corrected chi connectivity index (χ2v) is 10.6. The lowest BCUT2D eigenvalue weighted by Gasteiger charge is -2.33. The lowest BCUT2D eigenvalue weighted by Crippen LogP contribution is -2.43. The van der Waals surface area contributed by atoms with Gasteiger partial charge in [0.05, 0.1) is 10.2 Å². The molecule has 1 amide bonds. The van der Waals surface area contributed by atoms with E-state index < -0.39 is 17.2 Å². The second kappa shape index (κ2) is 9.29. The van der Waals surface area contributed by atoms with E-state index in [1.54, 1.807) is 4.90 Å². The topological polar surface area (TPSA) is 116 Å². The Balaban J connectivity index is 1.57. The molecule has 0 unspecified atom stereocenters. The number of thioether (sulfide) groups is 1. The van der Waals surface area contributed by atoms with Gasteiger partial charge < -0.3 is 9.64 Å². The van der Waals surface area contributed by atoms with Crippen LogP contribution in [-0.4, -0.2) is 55.0 Å². The van der Waals surface area contributed by atoms with Gasteiger partial charge in [0.15, 0.2) is 10.7 Å². The molecule has 0 N–H and O–H groups in total. The SMILES string of the molecule is CC(C)(C)OC(=O)N1CCC[C@@H](Sc2nonc2-c2noc(=O)n2-c2ccc(F)c(Br)c2)C1. The Morgan fingerprint density at radius 2 is 2.09 bits per heavy atom. The van der Waals surface area contributed by atoms with Crippen LogP contribution >= 0.6 is 27.7 Å². The van der Waals surface area contributed by atoms with Crippen molar-refractivity contribution in [2.45, 2.75) is 49.5 Å². The van der Waals surface area contributed by atoms with E-state index in [1.165, 1.54) is 30.0 Å². The first-order chi connectivity index (χ1) is 15.6. The minimum absolute atomic E-state index is 0.00366. The Morgan fingerprint density at radius 1 is 1.30 bits per heavy atom. The van der Waals surface area contributed by atoms with Gasteiger partial charge in [0.25, 0.3) is 0 Å². The molecule has 1 saturated heterocycles. The van der Waals surface area contributed by atoms with Gasteiger partial charge in [-0.2, -0.15) is 0 Å². The van der Waals surface area contributed by atoms with Crippen molar-refractivity contribution in [3.8, 4) is 17.2 Å². The predicted octanol–water partition coefficient (Wildman–Crippen LogP) is 4.27. The first-order valence-electron chi connectivity index (χ1n) is 10.1. The summed E-state index contributed by atoms with van der Waals surface area (Å²) < 4.78 is 30.3. The molecule has 0 saturated carbocycles. The van der Waals surface area contributed by atoms with Gasteiger partial charge in [0.2, 0.25) is 5.82 Å². The number of likely N-dealkylation sites (tertiary alicyclic amines) is 1. The number of hydrogen-bond donors (Lipinski definition) is 0. The first kappa shape index (κ1) is 23.5. The third-order valence-electron chi connectivity index (χ3n) is 4.74. The van der Waals surface area contributed by atoms with Gasteiger partial charge in [0, 0.05) is 18.3 Å². The molecule has 176 valence electrons. The average molecular weight is 542 g/mol. The van der Waals surface area contributed by atoms with Crippen molar-refractivity contribution in [3.05, 3.63) is 39.0 Å². The molecule has 1 fully saturated rings. The molecule has 0 aliphatic carbocycles. The Kier molecular flexibility index (Phi) is 6.61. The maximum Gasteiger partial charge on any atom is 0.446 e. The number of rotatable bonds is 4. The molecule has 10 nitrogen and oxygen atoms in total. The number of nitrogens with zero attached hydrogens (tertiary/aromatic N) is 5. The lowest BCUT2D eigenvalue weighted by atomic mass is 10.1. The molecule has 1 atom stereocenters. The van der Waals surface area contributed by atoms with E-state index in [0.717, 1.165) is 17.4 Å². The number of amides is 1. The number of aromatic nitrogens is 4. The highest BCUT2D eigenvalue weighted by atomic mass is 79.9. The summed E-state index contributed by atoms with van der Waals surface area (Å²) in [6, 6.07) is 4.06. The first-order valence-corrected chi connectivity index (χ1v) is 11.8. The molecule has 4 rings (SSSR count). The minimum atomic E-state index is -0.767. The van der Waals surface area contributed by atoms with Crippen LogP contribution < -0.4 is 5.76 Å². The van der Waals surface area contributed by atoms with Crippen LogP contribution in [0.1, 0.15) is 33.6 Å². The van der Waals surface area contributed by atoms with Gasteiger partial charge in [-0.15, -0.1) is 0 Å². The Morgan fingerprint density at radius 3 is 2.82 bits per heavy atom.